The maximum atomic E-state index is 13.0. The van der Waals surface area contributed by atoms with Crippen LogP contribution >= 0.6 is 0 Å². The Kier molecular flexibility index (Phi) is 4.26. The van der Waals surface area contributed by atoms with Crippen molar-refractivity contribution in [1.82, 2.24) is 4.90 Å². The summed E-state index contributed by atoms with van der Waals surface area (Å²) in [4.78, 5) is 1.61. The first-order valence-electron chi connectivity index (χ1n) is 4.67. The average molecular weight is 218 g/mol. The number of anilines is 1. The third kappa shape index (κ3) is 3.56. The van der Waals surface area contributed by atoms with Crippen LogP contribution in [0.1, 0.15) is 5.56 Å². The van der Waals surface area contributed by atoms with Crippen LogP contribution in [0.25, 0.3) is 0 Å². The minimum atomic E-state index is -0.413. The highest BCUT2D eigenvalue weighted by molar-refractivity contribution is 5.41. The molecule has 4 nitrogen and oxygen atoms in total. The molecule has 0 atom stereocenters. The van der Waals surface area contributed by atoms with E-state index in [4.69, 9.17) is 16.3 Å². The monoisotopic (exact) mass is 218 g/mol. The van der Waals surface area contributed by atoms with Crippen LogP contribution in [-0.4, -0.2) is 18.0 Å². The van der Waals surface area contributed by atoms with Gasteiger partial charge in [-0.1, -0.05) is 0 Å². The molecule has 1 aromatic carbocycles. The van der Waals surface area contributed by atoms with Crippen LogP contribution < -0.4 is 5.73 Å². The first kappa shape index (κ1) is 12.0. The van der Waals surface area contributed by atoms with E-state index in [-0.39, 0.29) is 13.1 Å². The molecule has 1 rings (SSSR count). The summed E-state index contributed by atoms with van der Waals surface area (Å²) in [5.74, 6) is -0.413. The van der Waals surface area contributed by atoms with E-state index in [2.05, 4.69) is 0 Å². The van der Waals surface area contributed by atoms with Gasteiger partial charge in [0.05, 0.1) is 25.2 Å². The molecule has 0 aliphatic carbocycles. The molecule has 0 aliphatic rings. The standard InChI is InChI=1S/C11H11FN4/c12-10-5-9(6-11(15)7-10)8-16(3-1-13)4-2-14/h5-7H,3-4,8,15H2. The Hall–Kier alpha value is -2.11. The highest BCUT2D eigenvalue weighted by atomic mass is 19.1. The molecule has 0 heterocycles. The fourth-order valence-electron chi connectivity index (χ4n) is 1.39. The zero-order valence-electron chi connectivity index (χ0n) is 8.65. The number of nitrogens with zero attached hydrogens (tertiary/aromatic N) is 3. The summed E-state index contributed by atoms with van der Waals surface area (Å²) in [6.07, 6.45) is 0. The van der Waals surface area contributed by atoms with Crippen molar-refractivity contribution >= 4 is 5.69 Å². The summed E-state index contributed by atoms with van der Waals surface area (Å²) in [5.41, 5.74) is 6.49. The number of rotatable bonds is 4. The SMILES string of the molecule is N#CCN(CC#N)Cc1cc(N)cc(F)c1. The van der Waals surface area contributed by atoms with Gasteiger partial charge in [-0.15, -0.1) is 0 Å². The number of hydrogen-bond acceptors (Lipinski definition) is 4. The lowest BCUT2D eigenvalue weighted by atomic mass is 10.2. The van der Waals surface area contributed by atoms with Crippen LogP contribution in [0, 0.1) is 28.5 Å². The molecule has 0 amide bonds. The number of nitriles is 2. The van der Waals surface area contributed by atoms with E-state index in [1.165, 1.54) is 12.1 Å². The topological polar surface area (TPSA) is 76.8 Å². The van der Waals surface area contributed by atoms with E-state index >= 15 is 0 Å². The molecule has 0 aliphatic heterocycles. The normalized spacial score (nSPS) is 9.75. The molecule has 82 valence electrons. The van der Waals surface area contributed by atoms with E-state index < -0.39 is 5.82 Å². The number of hydrogen-bond donors (Lipinski definition) is 1. The molecular weight excluding hydrogens is 207 g/mol. The Morgan fingerprint density at radius 3 is 2.31 bits per heavy atom. The Morgan fingerprint density at radius 2 is 1.81 bits per heavy atom. The van der Waals surface area contributed by atoms with Gasteiger partial charge >= 0.3 is 0 Å². The maximum Gasteiger partial charge on any atom is 0.125 e. The molecule has 2 N–H and O–H groups in total. The Morgan fingerprint density at radius 1 is 1.19 bits per heavy atom. The summed E-state index contributed by atoms with van der Waals surface area (Å²) in [6.45, 7) is 0.594. The van der Waals surface area contributed by atoms with Gasteiger partial charge in [0.2, 0.25) is 0 Å². The van der Waals surface area contributed by atoms with E-state index in [1.54, 1.807) is 11.0 Å². The minimum absolute atomic E-state index is 0.129. The smallest absolute Gasteiger partial charge is 0.125 e. The number of nitrogens with two attached hydrogens (primary N) is 1. The summed E-state index contributed by atoms with van der Waals surface area (Å²) in [5, 5.41) is 17.1. The van der Waals surface area contributed by atoms with Crippen LogP contribution in [0.4, 0.5) is 10.1 Å². The molecule has 0 spiro atoms. The summed E-state index contributed by atoms with van der Waals surface area (Å²) in [7, 11) is 0. The van der Waals surface area contributed by atoms with Crippen molar-refractivity contribution in [1.29, 1.82) is 10.5 Å². The first-order chi connectivity index (χ1) is 7.65. The lowest BCUT2D eigenvalue weighted by molar-refractivity contribution is 0.334. The van der Waals surface area contributed by atoms with Crippen molar-refractivity contribution in [2.45, 2.75) is 6.54 Å². The molecule has 16 heavy (non-hydrogen) atoms. The molecule has 0 fully saturated rings. The number of benzene rings is 1. The quantitative estimate of drug-likeness (QED) is 0.609. The van der Waals surface area contributed by atoms with Gasteiger partial charge in [-0.2, -0.15) is 10.5 Å². The number of nitrogen functional groups attached to an aromatic ring is 1. The van der Waals surface area contributed by atoms with Gasteiger partial charge in [0.1, 0.15) is 5.82 Å². The van der Waals surface area contributed by atoms with Crippen molar-refractivity contribution in [3.63, 3.8) is 0 Å². The molecule has 1 aromatic rings. The van der Waals surface area contributed by atoms with E-state index in [9.17, 15) is 4.39 Å². The second-order valence-corrected chi connectivity index (χ2v) is 3.35. The van der Waals surface area contributed by atoms with Gasteiger partial charge in [-0.3, -0.25) is 4.90 Å². The van der Waals surface area contributed by atoms with Crippen LogP contribution in [0.3, 0.4) is 0 Å². The summed E-state index contributed by atoms with van der Waals surface area (Å²) >= 11 is 0. The molecule has 0 aromatic heterocycles. The lowest BCUT2D eigenvalue weighted by Crippen LogP contribution is -2.24. The van der Waals surface area contributed by atoms with Gasteiger partial charge in [0.25, 0.3) is 0 Å². The fourth-order valence-corrected chi connectivity index (χ4v) is 1.39. The molecule has 5 heteroatoms. The van der Waals surface area contributed by atoms with Crippen LogP contribution in [0.5, 0.6) is 0 Å². The van der Waals surface area contributed by atoms with E-state index in [0.717, 1.165) is 0 Å². The average Bonchev–Trinajstić information content (AvgIpc) is 2.16. The van der Waals surface area contributed by atoms with Crippen LogP contribution in [-0.2, 0) is 6.54 Å². The fraction of sp³-hybridized carbons (Fsp3) is 0.273. The first-order valence-corrected chi connectivity index (χ1v) is 4.67. The predicted molar refractivity (Wildman–Crippen MR) is 57.3 cm³/mol. The van der Waals surface area contributed by atoms with Crippen molar-refractivity contribution in [3.8, 4) is 12.1 Å². The van der Waals surface area contributed by atoms with Gasteiger partial charge in [-0.25, -0.2) is 4.39 Å². The summed E-state index contributed by atoms with van der Waals surface area (Å²) < 4.78 is 13.0. The zero-order valence-corrected chi connectivity index (χ0v) is 8.65. The molecule has 0 saturated carbocycles. The highest BCUT2D eigenvalue weighted by Crippen LogP contribution is 2.12. The predicted octanol–water partition coefficient (Wildman–Crippen LogP) is 1.26. The molecule has 0 bridgehead atoms. The van der Waals surface area contributed by atoms with Crippen molar-refractivity contribution in [2.24, 2.45) is 0 Å². The van der Waals surface area contributed by atoms with Crippen LogP contribution in [0.15, 0.2) is 18.2 Å². The lowest BCUT2D eigenvalue weighted by Gasteiger charge is -2.15. The van der Waals surface area contributed by atoms with Crippen molar-refractivity contribution < 1.29 is 4.39 Å². The van der Waals surface area contributed by atoms with Gasteiger partial charge in [0.15, 0.2) is 0 Å². The van der Waals surface area contributed by atoms with Gasteiger partial charge in [0, 0.05) is 12.2 Å². The third-order valence-electron chi connectivity index (χ3n) is 1.97. The second-order valence-electron chi connectivity index (χ2n) is 3.35. The maximum absolute atomic E-state index is 13.0. The van der Waals surface area contributed by atoms with E-state index in [0.29, 0.717) is 17.8 Å². The van der Waals surface area contributed by atoms with Crippen LogP contribution in [0.2, 0.25) is 0 Å². The Labute approximate surface area is 93.3 Å². The molecule has 0 radical (unpaired) electrons. The van der Waals surface area contributed by atoms with Gasteiger partial charge in [-0.05, 0) is 23.8 Å². The molecule has 0 unspecified atom stereocenters. The van der Waals surface area contributed by atoms with E-state index in [1.807, 2.05) is 12.1 Å². The van der Waals surface area contributed by atoms with Crippen molar-refractivity contribution in [3.05, 3.63) is 29.6 Å². The van der Waals surface area contributed by atoms with Gasteiger partial charge < -0.3 is 5.73 Å². The Balaban J connectivity index is 2.77. The zero-order chi connectivity index (χ0) is 12.0. The highest BCUT2D eigenvalue weighted by Gasteiger charge is 2.06. The molecule has 0 saturated heterocycles. The molecular formula is C11H11FN4. The largest absolute Gasteiger partial charge is 0.399 e. The Bertz CT molecular complexity index is 408. The third-order valence-corrected chi connectivity index (χ3v) is 1.97. The van der Waals surface area contributed by atoms with Crippen molar-refractivity contribution in [2.75, 3.05) is 18.8 Å². The second kappa shape index (κ2) is 5.69. The number of halogens is 1. The minimum Gasteiger partial charge on any atom is -0.399 e. The summed E-state index contributed by atoms with van der Waals surface area (Å²) in [6, 6.07) is 8.10.